The number of nitrogens with zero attached hydrogens (tertiary/aromatic N) is 3. The van der Waals surface area contributed by atoms with Crippen molar-refractivity contribution >= 4 is 11.9 Å². The molecule has 1 aliphatic rings. The predicted octanol–water partition coefficient (Wildman–Crippen LogP) is -0.503. The van der Waals surface area contributed by atoms with Gasteiger partial charge in [0.1, 0.15) is 0 Å². The summed E-state index contributed by atoms with van der Waals surface area (Å²) >= 11 is 0. The third-order valence-corrected chi connectivity index (χ3v) is 3.00. The first-order valence-corrected chi connectivity index (χ1v) is 6.22. The minimum absolute atomic E-state index is 0.0351. The first-order valence-electron chi connectivity index (χ1n) is 6.22. The number of nitrogens with one attached hydrogen (secondary N) is 1. The van der Waals surface area contributed by atoms with E-state index >= 15 is 0 Å². The van der Waals surface area contributed by atoms with Gasteiger partial charge in [0.25, 0.3) is 0 Å². The van der Waals surface area contributed by atoms with E-state index in [4.69, 9.17) is 9.84 Å². The van der Waals surface area contributed by atoms with Gasteiger partial charge in [-0.1, -0.05) is 0 Å². The van der Waals surface area contributed by atoms with Gasteiger partial charge in [-0.2, -0.15) is 0 Å². The van der Waals surface area contributed by atoms with Crippen molar-refractivity contribution in [3.05, 3.63) is 18.5 Å². The molecule has 19 heavy (non-hydrogen) atoms. The molecule has 0 bridgehead atoms. The van der Waals surface area contributed by atoms with Crippen molar-refractivity contribution < 1.29 is 14.6 Å². The number of anilines is 1. The Hall–Kier alpha value is -1.57. The number of carbonyl (C=O) groups excluding carboxylic acids is 1. The monoisotopic (exact) mass is 266 g/mol. The van der Waals surface area contributed by atoms with Crippen LogP contribution in [0.4, 0.5) is 5.95 Å². The Labute approximate surface area is 111 Å². The topological polar surface area (TPSA) is 87.6 Å². The van der Waals surface area contributed by atoms with Gasteiger partial charge in [-0.25, -0.2) is 9.97 Å². The molecule has 1 amide bonds. The molecular formula is C12H18N4O3. The lowest BCUT2D eigenvalue weighted by Gasteiger charge is -2.36. The number of hydrogen-bond donors (Lipinski definition) is 2. The fourth-order valence-electron chi connectivity index (χ4n) is 1.92. The first kappa shape index (κ1) is 13.9. The van der Waals surface area contributed by atoms with Crippen LogP contribution in [-0.2, 0) is 9.53 Å². The minimum atomic E-state index is -0.225. The number of aliphatic hydroxyl groups excluding tert-OH is 1. The Balaban J connectivity index is 1.87. The highest BCUT2D eigenvalue weighted by atomic mass is 16.5. The van der Waals surface area contributed by atoms with Gasteiger partial charge < -0.3 is 9.84 Å². The number of hydrogen-bond acceptors (Lipinski definition) is 6. The van der Waals surface area contributed by atoms with Crippen LogP contribution in [0.15, 0.2) is 18.5 Å². The second-order valence-electron chi connectivity index (χ2n) is 4.54. The molecule has 2 rings (SSSR count). The highest BCUT2D eigenvalue weighted by Crippen LogP contribution is 2.11. The van der Waals surface area contributed by atoms with Crippen LogP contribution in [0.5, 0.6) is 0 Å². The maximum atomic E-state index is 11.9. The SMILES string of the molecule is CC1COC(CO)CN1CC(=O)Nc1ncccn1. The summed E-state index contributed by atoms with van der Waals surface area (Å²) in [4.78, 5) is 21.7. The van der Waals surface area contributed by atoms with Crippen LogP contribution in [0, 0.1) is 0 Å². The lowest BCUT2D eigenvalue weighted by Crippen LogP contribution is -2.51. The Kier molecular flexibility index (Phi) is 4.78. The largest absolute Gasteiger partial charge is 0.394 e. The molecular weight excluding hydrogens is 248 g/mol. The van der Waals surface area contributed by atoms with Crippen molar-refractivity contribution in [1.29, 1.82) is 0 Å². The second kappa shape index (κ2) is 6.55. The molecule has 0 radical (unpaired) electrons. The molecule has 2 atom stereocenters. The zero-order valence-corrected chi connectivity index (χ0v) is 10.8. The number of aliphatic hydroxyl groups is 1. The maximum absolute atomic E-state index is 11.9. The van der Waals surface area contributed by atoms with Crippen molar-refractivity contribution in [2.75, 3.05) is 31.6 Å². The van der Waals surface area contributed by atoms with Gasteiger partial charge in [0.15, 0.2) is 0 Å². The van der Waals surface area contributed by atoms with E-state index in [-0.39, 0.29) is 31.2 Å². The molecule has 0 aliphatic carbocycles. The van der Waals surface area contributed by atoms with Crippen LogP contribution < -0.4 is 5.32 Å². The standard InChI is InChI=1S/C12H18N4O3/c1-9-8-19-10(7-17)5-16(9)6-11(18)15-12-13-3-2-4-14-12/h2-4,9-10,17H,5-8H2,1H3,(H,13,14,15,18). The van der Waals surface area contributed by atoms with Gasteiger partial charge >= 0.3 is 0 Å². The predicted molar refractivity (Wildman–Crippen MR) is 68.5 cm³/mol. The van der Waals surface area contributed by atoms with Crippen LogP contribution in [0.2, 0.25) is 0 Å². The lowest BCUT2D eigenvalue weighted by molar-refractivity contribution is -0.122. The van der Waals surface area contributed by atoms with Crippen molar-refractivity contribution in [2.45, 2.75) is 19.1 Å². The van der Waals surface area contributed by atoms with E-state index in [0.29, 0.717) is 19.1 Å². The zero-order chi connectivity index (χ0) is 13.7. The van der Waals surface area contributed by atoms with E-state index in [9.17, 15) is 4.79 Å². The maximum Gasteiger partial charge on any atom is 0.240 e. The van der Waals surface area contributed by atoms with E-state index in [0.717, 1.165) is 0 Å². The average Bonchev–Trinajstić information content (AvgIpc) is 2.42. The van der Waals surface area contributed by atoms with Crippen molar-refractivity contribution in [2.24, 2.45) is 0 Å². The highest BCUT2D eigenvalue weighted by molar-refractivity contribution is 5.90. The number of rotatable bonds is 4. The van der Waals surface area contributed by atoms with Crippen LogP contribution in [0.3, 0.4) is 0 Å². The Morgan fingerprint density at radius 3 is 3.00 bits per heavy atom. The van der Waals surface area contributed by atoms with Gasteiger partial charge in [-0.15, -0.1) is 0 Å². The van der Waals surface area contributed by atoms with E-state index < -0.39 is 0 Å². The molecule has 0 spiro atoms. The Morgan fingerprint density at radius 1 is 1.58 bits per heavy atom. The molecule has 2 unspecified atom stereocenters. The van der Waals surface area contributed by atoms with Crippen molar-refractivity contribution in [3.8, 4) is 0 Å². The van der Waals surface area contributed by atoms with Crippen molar-refractivity contribution in [3.63, 3.8) is 0 Å². The smallest absolute Gasteiger partial charge is 0.240 e. The Morgan fingerprint density at radius 2 is 2.32 bits per heavy atom. The summed E-state index contributed by atoms with van der Waals surface area (Å²) < 4.78 is 5.42. The van der Waals surface area contributed by atoms with E-state index in [1.165, 1.54) is 0 Å². The van der Waals surface area contributed by atoms with E-state index in [1.54, 1.807) is 18.5 Å². The third kappa shape index (κ3) is 3.95. The summed E-state index contributed by atoms with van der Waals surface area (Å²) in [6.07, 6.45) is 2.92. The Bertz CT molecular complexity index is 415. The van der Waals surface area contributed by atoms with Gasteiger partial charge in [0, 0.05) is 25.0 Å². The van der Waals surface area contributed by atoms with Gasteiger partial charge in [-0.3, -0.25) is 15.0 Å². The highest BCUT2D eigenvalue weighted by Gasteiger charge is 2.27. The number of ether oxygens (including phenoxy) is 1. The molecule has 1 aliphatic heterocycles. The number of carbonyl (C=O) groups is 1. The number of aromatic nitrogens is 2. The van der Waals surface area contributed by atoms with Crippen LogP contribution in [0.25, 0.3) is 0 Å². The minimum Gasteiger partial charge on any atom is -0.394 e. The first-order chi connectivity index (χ1) is 9.19. The molecule has 1 fully saturated rings. The second-order valence-corrected chi connectivity index (χ2v) is 4.54. The van der Waals surface area contributed by atoms with Gasteiger partial charge in [0.2, 0.25) is 11.9 Å². The summed E-state index contributed by atoms with van der Waals surface area (Å²) in [6.45, 7) is 3.24. The fraction of sp³-hybridized carbons (Fsp3) is 0.583. The molecule has 7 nitrogen and oxygen atoms in total. The molecule has 0 aromatic carbocycles. The van der Waals surface area contributed by atoms with Crippen LogP contribution >= 0.6 is 0 Å². The van der Waals surface area contributed by atoms with E-state index in [1.807, 2.05) is 11.8 Å². The summed E-state index contributed by atoms with van der Waals surface area (Å²) in [7, 11) is 0. The molecule has 104 valence electrons. The van der Waals surface area contributed by atoms with E-state index in [2.05, 4.69) is 15.3 Å². The molecule has 1 aromatic heterocycles. The summed E-state index contributed by atoms with van der Waals surface area (Å²) in [5, 5.41) is 11.7. The molecule has 7 heteroatoms. The number of morpholine rings is 1. The molecule has 2 heterocycles. The molecule has 2 N–H and O–H groups in total. The summed E-state index contributed by atoms with van der Waals surface area (Å²) in [5.41, 5.74) is 0. The molecule has 1 aromatic rings. The fourth-order valence-corrected chi connectivity index (χ4v) is 1.92. The quantitative estimate of drug-likeness (QED) is 0.763. The van der Waals surface area contributed by atoms with Crippen LogP contribution in [-0.4, -0.2) is 64.3 Å². The summed E-state index contributed by atoms with van der Waals surface area (Å²) in [5.74, 6) is 0.128. The number of amides is 1. The lowest BCUT2D eigenvalue weighted by atomic mass is 10.2. The normalized spacial score (nSPS) is 24.1. The third-order valence-electron chi connectivity index (χ3n) is 3.00. The van der Waals surface area contributed by atoms with Crippen LogP contribution in [0.1, 0.15) is 6.92 Å². The summed E-state index contributed by atoms with van der Waals surface area (Å²) in [6, 6.07) is 1.83. The van der Waals surface area contributed by atoms with Crippen molar-refractivity contribution in [1.82, 2.24) is 14.9 Å². The average molecular weight is 266 g/mol. The molecule has 1 saturated heterocycles. The zero-order valence-electron chi connectivity index (χ0n) is 10.8. The van der Waals surface area contributed by atoms with Gasteiger partial charge in [-0.05, 0) is 13.0 Å². The van der Waals surface area contributed by atoms with Gasteiger partial charge in [0.05, 0.1) is 25.9 Å². The molecule has 0 saturated carbocycles.